The normalized spacial score (nSPS) is 19.5. The minimum absolute atomic E-state index is 0.453. The molecule has 0 radical (unpaired) electrons. The van der Waals surface area contributed by atoms with E-state index >= 15 is 0 Å². The second-order valence-corrected chi connectivity index (χ2v) is 10.1. The van der Waals surface area contributed by atoms with Gasteiger partial charge in [-0.15, -0.1) is 0 Å². The zero-order valence-corrected chi connectivity index (χ0v) is 20.4. The summed E-state index contributed by atoms with van der Waals surface area (Å²) in [4.78, 5) is 14.6. The van der Waals surface area contributed by atoms with Crippen molar-refractivity contribution in [3.05, 3.63) is 41.5 Å². The molecule has 1 aromatic carbocycles. The van der Waals surface area contributed by atoms with E-state index in [0.29, 0.717) is 17.1 Å². The summed E-state index contributed by atoms with van der Waals surface area (Å²) in [5.74, 6) is 2.59. The van der Waals surface area contributed by atoms with Crippen molar-refractivity contribution in [3.63, 3.8) is 0 Å². The van der Waals surface area contributed by atoms with Crippen molar-refractivity contribution in [2.75, 3.05) is 28.2 Å². The number of rotatable bonds is 4. The van der Waals surface area contributed by atoms with Gasteiger partial charge in [0.25, 0.3) is 0 Å². The van der Waals surface area contributed by atoms with Crippen LogP contribution in [0, 0.1) is 0 Å². The van der Waals surface area contributed by atoms with Gasteiger partial charge < -0.3 is 20.4 Å². The number of nitrogens with one attached hydrogen (secondary N) is 2. The van der Waals surface area contributed by atoms with Crippen LogP contribution in [0.3, 0.4) is 0 Å². The fraction of sp³-hybridized carbons (Fsp3) is 0.577. The summed E-state index contributed by atoms with van der Waals surface area (Å²) in [6.07, 6.45) is 12.6. The molecule has 2 aliphatic heterocycles. The summed E-state index contributed by atoms with van der Waals surface area (Å²) in [5.41, 5.74) is 2.76. The van der Waals surface area contributed by atoms with Crippen LogP contribution < -0.4 is 20.4 Å². The zero-order valence-electron chi connectivity index (χ0n) is 19.6. The number of nitrogens with zero attached hydrogens (tertiary/aromatic N) is 4. The number of hydrogen-bond acceptors (Lipinski definition) is 5. The highest BCUT2D eigenvalue weighted by atomic mass is 32.1. The summed E-state index contributed by atoms with van der Waals surface area (Å²) in [5, 5.41) is 7.51. The van der Waals surface area contributed by atoms with Crippen molar-refractivity contribution in [1.29, 1.82) is 0 Å². The third-order valence-corrected chi connectivity index (χ3v) is 7.43. The molecule has 176 valence electrons. The number of benzene rings is 1. The molecule has 3 heterocycles. The predicted molar refractivity (Wildman–Crippen MR) is 140 cm³/mol. The second kappa shape index (κ2) is 10.7. The Labute approximate surface area is 203 Å². The number of fused-ring (bicyclic) bond motifs is 1. The van der Waals surface area contributed by atoms with Crippen molar-refractivity contribution >= 4 is 34.9 Å². The van der Waals surface area contributed by atoms with E-state index < -0.39 is 0 Å². The first-order chi connectivity index (χ1) is 16.2. The lowest BCUT2D eigenvalue weighted by atomic mass is 10.1. The first-order valence-corrected chi connectivity index (χ1v) is 13.2. The maximum Gasteiger partial charge on any atom is 0.232 e. The average molecular weight is 465 g/mol. The third kappa shape index (κ3) is 5.75. The van der Waals surface area contributed by atoms with Crippen LogP contribution in [0.4, 0.5) is 17.6 Å². The Hall–Kier alpha value is -2.41. The summed E-state index contributed by atoms with van der Waals surface area (Å²) < 4.78 is 0. The number of thiocarbonyl (C=S) groups is 1. The molecule has 2 aromatic rings. The molecule has 1 saturated heterocycles. The summed E-state index contributed by atoms with van der Waals surface area (Å²) >= 11 is 5.69. The molecule has 0 atom stereocenters. The van der Waals surface area contributed by atoms with Crippen LogP contribution in [0.2, 0.25) is 0 Å². The van der Waals surface area contributed by atoms with Gasteiger partial charge in [0, 0.05) is 38.3 Å². The average Bonchev–Trinajstić information content (AvgIpc) is 2.98. The largest absolute Gasteiger partial charge is 0.360 e. The molecule has 0 spiro atoms. The Morgan fingerprint density at radius 1 is 0.788 bits per heavy atom. The van der Waals surface area contributed by atoms with Gasteiger partial charge in [-0.2, -0.15) is 9.97 Å². The van der Waals surface area contributed by atoms with Crippen LogP contribution in [-0.4, -0.2) is 34.2 Å². The van der Waals surface area contributed by atoms with Crippen LogP contribution >= 0.6 is 12.2 Å². The molecule has 1 saturated carbocycles. The van der Waals surface area contributed by atoms with Crippen LogP contribution in [0.15, 0.2) is 30.3 Å². The SMILES string of the molecule is S=C(Nc1nc(N2CCCCCC2)cc(N2Cc3ccccc3C2)n1)NC1CCCCCC1. The van der Waals surface area contributed by atoms with Crippen molar-refractivity contribution in [1.82, 2.24) is 15.3 Å². The first-order valence-electron chi connectivity index (χ1n) is 12.8. The van der Waals surface area contributed by atoms with Crippen molar-refractivity contribution < 1.29 is 0 Å². The molecular formula is C26H36N6S. The van der Waals surface area contributed by atoms with Crippen LogP contribution in [0.25, 0.3) is 0 Å². The fourth-order valence-corrected chi connectivity index (χ4v) is 5.60. The fourth-order valence-electron chi connectivity index (χ4n) is 5.34. The van der Waals surface area contributed by atoms with Crippen LogP contribution in [0.5, 0.6) is 0 Å². The highest BCUT2D eigenvalue weighted by Gasteiger charge is 2.23. The van der Waals surface area contributed by atoms with E-state index in [1.54, 1.807) is 0 Å². The Morgan fingerprint density at radius 3 is 2.00 bits per heavy atom. The minimum Gasteiger partial charge on any atom is -0.360 e. The molecule has 7 heteroatoms. The lowest BCUT2D eigenvalue weighted by Crippen LogP contribution is -2.38. The third-order valence-electron chi connectivity index (χ3n) is 7.21. The summed E-state index contributed by atoms with van der Waals surface area (Å²) in [6.45, 7) is 3.88. The maximum absolute atomic E-state index is 5.69. The van der Waals surface area contributed by atoms with Gasteiger partial charge in [-0.3, -0.25) is 0 Å². The van der Waals surface area contributed by atoms with Gasteiger partial charge in [0.1, 0.15) is 11.6 Å². The lowest BCUT2D eigenvalue weighted by Gasteiger charge is -2.25. The van der Waals surface area contributed by atoms with E-state index in [2.05, 4.69) is 50.8 Å². The quantitative estimate of drug-likeness (QED) is 0.465. The number of anilines is 3. The molecule has 0 unspecified atom stereocenters. The van der Waals surface area contributed by atoms with E-state index in [-0.39, 0.29) is 0 Å². The van der Waals surface area contributed by atoms with Crippen molar-refractivity contribution in [3.8, 4) is 0 Å². The Bertz CT molecular complexity index is 923. The van der Waals surface area contributed by atoms with E-state index in [4.69, 9.17) is 22.2 Å². The molecule has 1 aromatic heterocycles. The van der Waals surface area contributed by atoms with Crippen LogP contribution in [0.1, 0.15) is 75.3 Å². The molecule has 2 N–H and O–H groups in total. The van der Waals surface area contributed by atoms with Crippen molar-refractivity contribution in [2.24, 2.45) is 0 Å². The molecule has 0 amide bonds. The van der Waals surface area contributed by atoms with Crippen LogP contribution in [-0.2, 0) is 13.1 Å². The molecule has 6 nitrogen and oxygen atoms in total. The van der Waals surface area contributed by atoms with Gasteiger partial charge >= 0.3 is 0 Å². The first kappa shape index (κ1) is 22.4. The van der Waals surface area contributed by atoms with Gasteiger partial charge in [-0.25, -0.2) is 0 Å². The maximum atomic E-state index is 5.69. The van der Waals surface area contributed by atoms with Gasteiger partial charge in [0.2, 0.25) is 5.95 Å². The summed E-state index contributed by atoms with van der Waals surface area (Å²) in [6, 6.07) is 11.3. The highest BCUT2D eigenvalue weighted by molar-refractivity contribution is 7.80. The van der Waals surface area contributed by atoms with Crippen molar-refractivity contribution in [2.45, 2.75) is 83.3 Å². The topological polar surface area (TPSA) is 56.3 Å². The molecule has 5 rings (SSSR count). The van der Waals surface area contributed by atoms with E-state index in [9.17, 15) is 0 Å². The molecule has 0 bridgehead atoms. The lowest BCUT2D eigenvalue weighted by molar-refractivity contribution is 0.535. The zero-order chi connectivity index (χ0) is 22.5. The van der Waals surface area contributed by atoms with Gasteiger partial charge in [-0.1, -0.05) is 62.8 Å². The smallest absolute Gasteiger partial charge is 0.232 e. The highest BCUT2D eigenvalue weighted by Crippen LogP contribution is 2.30. The van der Waals surface area contributed by atoms with Gasteiger partial charge in [-0.05, 0) is 49.0 Å². The molecule has 1 aliphatic carbocycles. The Balaban J connectivity index is 1.36. The Morgan fingerprint density at radius 2 is 1.36 bits per heavy atom. The molecule has 3 aliphatic rings. The van der Waals surface area contributed by atoms with Gasteiger partial charge in [0.15, 0.2) is 5.11 Å². The number of aromatic nitrogens is 2. The van der Waals surface area contributed by atoms with E-state index in [0.717, 1.165) is 37.8 Å². The molecular weight excluding hydrogens is 428 g/mol. The second-order valence-electron chi connectivity index (χ2n) is 9.72. The number of hydrogen-bond donors (Lipinski definition) is 2. The van der Waals surface area contributed by atoms with E-state index in [1.807, 2.05) is 0 Å². The Kier molecular flexibility index (Phi) is 7.24. The molecule has 2 fully saturated rings. The predicted octanol–water partition coefficient (Wildman–Crippen LogP) is 5.39. The molecule has 33 heavy (non-hydrogen) atoms. The summed E-state index contributed by atoms with van der Waals surface area (Å²) in [7, 11) is 0. The van der Waals surface area contributed by atoms with E-state index in [1.165, 1.54) is 75.3 Å². The van der Waals surface area contributed by atoms with Gasteiger partial charge in [0.05, 0.1) is 0 Å². The standard InChI is InChI=1S/C26H36N6S/c33-26(27-22-13-5-1-2-6-14-22)30-25-28-23(31-15-9-3-4-10-16-31)17-24(29-25)32-18-20-11-7-8-12-21(20)19-32/h7-8,11-12,17,22H,1-6,9-10,13-16,18-19H2,(H2,27,28,29,30,33). The minimum atomic E-state index is 0.453. The monoisotopic (exact) mass is 464 g/mol.